The van der Waals surface area contributed by atoms with Crippen molar-refractivity contribution in [2.75, 3.05) is 27.9 Å². The van der Waals surface area contributed by atoms with E-state index in [0.29, 0.717) is 41.6 Å². The SMILES string of the molecule is COc1cc(OC)c([C@@H]2O[C@H](COCc3ccccc3)[C@H](OCc3ccccc3)[C@H](O)[C@H]2OCc2ccccc2)c(OC)c1[C@H]1O[C@@H](C)[C@@H](OCc2ccccc2)[C@@H](OCc2ccccc2)[C@@H]1OCc1ccccc1. The molecule has 0 unspecified atom stereocenters. The summed E-state index contributed by atoms with van der Waals surface area (Å²) >= 11 is 0. The molecule has 2 aliphatic heterocycles. The first-order valence-corrected chi connectivity index (χ1v) is 25.6. The summed E-state index contributed by atoms with van der Waals surface area (Å²) in [5.41, 5.74) is 6.77. The van der Waals surface area contributed by atoms with Gasteiger partial charge in [0.1, 0.15) is 72.2 Å². The second-order valence-corrected chi connectivity index (χ2v) is 18.8. The molecule has 0 amide bonds. The van der Waals surface area contributed by atoms with Gasteiger partial charge in [-0.25, -0.2) is 0 Å². The van der Waals surface area contributed by atoms with Crippen molar-refractivity contribution < 1.29 is 57.2 Å². The van der Waals surface area contributed by atoms with Crippen LogP contribution in [0.2, 0.25) is 0 Å². The molecule has 2 heterocycles. The summed E-state index contributed by atoms with van der Waals surface area (Å²) in [6.45, 7) is 3.56. The highest BCUT2D eigenvalue weighted by Gasteiger charge is 2.53. The first-order chi connectivity index (χ1) is 36.9. The van der Waals surface area contributed by atoms with E-state index >= 15 is 0 Å². The van der Waals surface area contributed by atoms with Gasteiger partial charge < -0.3 is 57.2 Å². The zero-order valence-corrected chi connectivity index (χ0v) is 43.1. The minimum Gasteiger partial charge on any atom is -0.496 e. The van der Waals surface area contributed by atoms with E-state index in [1.54, 1.807) is 27.4 Å². The molecule has 10 atom stereocenters. The Balaban J connectivity index is 1.15. The second-order valence-electron chi connectivity index (χ2n) is 18.8. The fourth-order valence-corrected chi connectivity index (χ4v) is 9.98. The van der Waals surface area contributed by atoms with E-state index in [2.05, 4.69) is 0 Å². The minimum absolute atomic E-state index is 0.0738. The highest BCUT2D eigenvalue weighted by Crippen LogP contribution is 2.53. The van der Waals surface area contributed by atoms with E-state index in [9.17, 15) is 5.11 Å². The Morgan fingerprint density at radius 3 is 1.13 bits per heavy atom. The number of rotatable bonds is 24. The van der Waals surface area contributed by atoms with E-state index in [1.807, 2.05) is 189 Å². The normalized spacial score (nSPS) is 23.6. The third-order valence-corrected chi connectivity index (χ3v) is 13.7. The molecular formula is C63H68O12. The largest absolute Gasteiger partial charge is 0.496 e. The van der Waals surface area contributed by atoms with E-state index < -0.39 is 61.0 Å². The number of methoxy groups -OCH3 is 3. The summed E-state index contributed by atoms with van der Waals surface area (Å²) in [5.74, 6) is 1.12. The Morgan fingerprint density at radius 2 is 0.733 bits per heavy atom. The van der Waals surface area contributed by atoms with Crippen molar-refractivity contribution in [3.05, 3.63) is 233 Å². The molecule has 2 fully saturated rings. The second kappa shape index (κ2) is 26.9. The lowest BCUT2D eigenvalue weighted by Gasteiger charge is -2.47. The molecule has 0 aliphatic carbocycles. The molecule has 12 nitrogen and oxygen atoms in total. The Labute approximate surface area is 440 Å². The summed E-state index contributed by atoms with van der Waals surface area (Å²) < 4.78 is 74.6. The van der Waals surface area contributed by atoms with Gasteiger partial charge in [-0.3, -0.25) is 0 Å². The number of hydrogen-bond acceptors (Lipinski definition) is 12. The summed E-state index contributed by atoms with van der Waals surface area (Å²) in [6.07, 6.45) is -8.51. The zero-order valence-electron chi connectivity index (χ0n) is 43.1. The topological polar surface area (TPSA) is 122 Å². The number of aliphatic hydroxyl groups excluding tert-OH is 1. The Hall–Kier alpha value is -6.42. The van der Waals surface area contributed by atoms with E-state index in [1.165, 1.54) is 0 Å². The highest BCUT2D eigenvalue weighted by atomic mass is 16.6. The quantitative estimate of drug-likeness (QED) is 0.0620. The average molecular weight is 1020 g/mol. The van der Waals surface area contributed by atoms with Crippen molar-refractivity contribution in [1.82, 2.24) is 0 Å². The maximum absolute atomic E-state index is 12.9. The van der Waals surface area contributed by atoms with Crippen LogP contribution in [-0.4, -0.2) is 81.9 Å². The van der Waals surface area contributed by atoms with Crippen LogP contribution in [0.4, 0.5) is 0 Å². The lowest BCUT2D eigenvalue weighted by atomic mass is 9.85. The van der Waals surface area contributed by atoms with Gasteiger partial charge in [0.05, 0.1) is 84.8 Å². The van der Waals surface area contributed by atoms with Gasteiger partial charge in [-0.1, -0.05) is 182 Å². The molecule has 0 bridgehead atoms. The molecular weight excluding hydrogens is 949 g/mol. The molecule has 0 radical (unpaired) electrons. The molecule has 9 rings (SSSR count). The molecule has 2 aliphatic rings. The van der Waals surface area contributed by atoms with Crippen LogP contribution in [0.25, 0.3) is 0 Å². The first kappa shape index (κ1) is 53.4. The van der Waals surface area contributed by atoms with Crippen molar-refractivity contribution in [2.45, 2.75) is 108 Å². The molecule has 12 heteroatoms. The molecule has 7 aromatic carbocycles. The van der Waals surface area contributed by atoms with Gasteiger partial charge in [0.15, 0.2) is 0 Å². The van der Waals surface area contributed by atoms with E-state index in [-0.39, 0.29) is 33.0 Å². The molecule has 2 saturated heterocycles. The number of ether oxygens (including phenoxy) is 11. The van der Waals surface area contributed by atoms with Gasteiger partial charge in [0.2, 0.25) is 0 Å². The summed E-state index contributed by atoms with van der Waals surface area (Å²) in [4.78, 5) is 0. The van der Waals surface area contributed by atoms with Crippen molar-refractivity contribution in [1.29, 1.82) is 0 Å². The predicted molar refractivity (Wildman–Crippen MR) is 284 cm³/mol. The fourth-order valence-electron chi connectivity index (χ4n) is 9.98. The average Bonchev–Trinajstić information content (AvgIpc) is 3.47. The van der Waals surface area contributed by atoms with Crippen LogP contribution in [0.15, 0.2) is 188 Å². The van der Waals surface area contributed by atoms with Crippen LogP contribution < -0.4 is 14.2 Å². The molecule has 7 aromatic rings. The number of benzene rings is 7. The summed E-state index contributed by atoms with van der Waals surface area (Å²) in [5, 5.41) is 12.9. The van der Waals surface area contributed by atoms with Crippen LogP contribution in [0, 0.1) is 0 Å². The molecule has 0 spiro atoms. The van der Waals surface area contributed by atoms with Crippen molar-refractivity contribution in [3.8, 4) is 17.2 Å². The highest BCUT2D eigenvalue weighted by molar-refractivity contribution is 5.60. The van der Waals surface area contributed by atoms with Crippen LogP contribution in [0.3, 0.4) is 0 Å². The lowest BCUT2D eigenvalue weighted by Crippen LogP contribution is -2.57. The van der Waals surface area contributed by atoms with Crippen molar-refractivity contribution >= 4 is 0 Å². The number of hydrogen-bond donors (Lipinski definition) is 1. The maximum atomic E-state index is 12.9. The number of aliphatic hydroxyl groups is 1. The molecule has 392 valence electrons. The van der Waals surface area contributed by atoms with Crippen molar-refractivity contribution in [3.63, 3.8) is 0 Å². The fraction of sp³-hybridized carbons (Fsp3) is 0.333. The minimum atomic E-state index is -1.24. The van der Waals surface area contributed by atoms with E-state index in [4.69, 9.17) is 52.1 Å². The molecule has 0 aromatic heterocycles. The van der Waals surface area contributed by atoms with Gasteiger partial charge in [-0.15, -0.1) is 0 Å². The maximum Gasteiger partial charge on any atom is 0.138 e. The Morgan fingerprint density at radius 1 is 0.387 bits per heavy atom. The van der Waals surface area contributed by atoms with Crippen LogP contribution >= 0.6 is 0 Å². The van der Waals surface area contributed by atoms with Crippen LogP contribution in [0.1, 0.15) is 63.6 Å². The zero-order chi connectivity index (χ0) is 51.8. The van der Waals surface area contributed by atoms with Gasteiger partial charge in [-0.2, -0.15) is 0 Å². The summed E-state index contributed by atoms with van der Waals surface area (Å²) in [6, 6.07) is 61.4. The molecule has 0 saturated carbocycles. The lowest BCUT2D eigenvalue weighted by molar-refractivity contribution is -0.265. The summed E-state index contributed by atoms with van der Waals surface area (Å²) in [7, 11) is 4.77. The van der Waals surface area contributed by atoms with Crippen LogP contribution in [0.5, 0.6) is 17.2 Å². The van der Waals surface area contributed by atoms with Gasteiger partial charge >= 0.3 is 0 Å². The molecule has 1 N–H and O–H groups in total. The smallest absolute Gasteiger partial charge is 0.138 e. The third kappa shape index (κ3) is 13.5. The molecule has 75 heavy (non-hydrogen) atoms. The monoisotopic (exact) mass is 1020 g/mol. The van der Waals surface area contributed by atoms with Crippen LogP contribution in [-0.2, 0) is 77.5 Å². The predicted octanol–water partition coefficient (Wildman–Crippen LogP) is 11.1. The Bertz CT molecular complexity index is 2750. The van der Waals surface area contributed by atoms with Crippen molar-refractivity contribution in [2.24, 2.45) is 0 Å². The van der Waals surface area contributed by atoms with E-state index in [0.717, 1.165) is 33.4 Å². The third-order valence-electron chi connectivity index (χ3n) is 13.7. The Kier molecular flexibility index (Phi) is 19.1. The first-order valence-electron chi connectivity index (χ1n) is 25.6. The standard InChI is InChI=1S/C63H68O12/c1-43-56(69-37-45-25-13-6-14-26-45)62(72-40-48-31-19-9-20-32-48)63(73-41-49-33-21-10-22-34-49)60(74-43)54-51(66-3)35-50(65-2)53(58(54)67-4)59-61(71-39-47-29-17-8-18-30-47)55(64)57(70-38-46-27-15-7-16-28-46)52(75-59)42-68-36-44-23-11-5-12-24-44/h5-35,43,52,55-57,59-64H,36-42H2,1-4H3/t43-,52+,55-,56+,57-,59-,60+,61+,62+,63+/m0/s1. The van der Waals surface area contributed by atoms with Gasteiger partial charge in [0.25, 0.3) is 0 Å². The van der Waals surface area contributed by atoms with Gasteiger partial charge in [0, 0.05) is 6.07 Å². The van der Waals surface area contributed by atoms with Gasteiger partial charge in [-0.05, 0) is 40.3 Å².